The zero-order chi connectivity index (χ0) is 48.2. The molecule has 0 aromatic carbocycles. The molecule has 0 radical (unpaired) electrons. The van der Waals surface area contributed by atoms with E-state index in [4.69, 9.17) is 22.9 Å². The van der Waals surface area contributed by atoms with E-state index in [9.17, 15) is 29.3 Å². The van der Waals surface area contributed by atoms with Crippen LogP contribution in [-0.2, 0) is 45.5 Å². The van der Waals surface area contributed by atoms with Crippen molar-refractivity contribution < 1.29 is 56.7 Å². The van der Waals surface area contributed by atoms with Crippen LogP contribution in [0.3, 0.4) is 0 Å². The van der Waals surface area contributed by atoms with E-state index in [2.05, 4.69) is 33.8 Å². The summed E-state index contributed by atoms with van der Waals surface area (Å²) in [6.45, 7) is 8.40. The van der Waals surface area contributed by atoms with Gasteiger partial charge in [0.1, 0.15) is 31.3 Å². The van der Waals surface area contributed by atoms with Crippen LogP contribution in [0, 0.1) is 13.8 Å². The lowest BCUT2D eigenvalue weighted by Gasteiger charge is -2.24. The van der Waals surface area contributed by atoms with Crippen molar-refractivity contribution in [2.24, 2.45) is 0 Å². The van der Waals surface area contributed by atoms with Crippen molar-refractivity contribution >= 4 is 19.8 Å². The van der Waals surface area contributed by atoms with Crippen molar-refractivity contribution in [1.29, 1.82) is 0 Å². The zero-order valence-electron chi connectivity index (χ0n) is 41.7. The summed E-state index contributed by atoms with van der Waals surface area (Å²) in [5.41, 5.74) is 2.67. The number of carbonyl (C=O) groups excluding carboxylic acids is 2. The first-order valence-electron chi connectivity index (χ1n) is 24.9. The van der Waals surface area contributed by atoms with Gasteiger partial charge < -0.3 is 33.5 Å². The highest BCUT2D eigenvalue weighted by Gasteiger charge is 2.27. The smallest absolute Gasteiger partial charge is 0.466 e. The molecule has 0 spiro atoms. The van der Waals surface area contributed by atoms with Gasteiger partial charge in [-0.3, -0.25) is 18.6 Å². The lowest BCUT2D eigenvalue weighted by atomic mass is 10.0. The minimum Gasteiger partial charge on any atom is -0.466 e. The Kier molecular flexibility index (Phi) is 34.4. The molecule has 3 N–H and O–H groups in total. The highest BCUT2D eigenvalue weighted by Crippen LogP contribution is 2.43. The second-order valence-corrected chi connectivity index (χ2v) is 19.9. The van der Waals surface area contributed by atoms with Crippen LogP contribution in [0.25, 0.3) is 0 Å². The Hall–Kier alpha value is -2.83. The monoisotopic (exact) mass is 937 g/mol. The first-order chi connectivity index (χ1) is 31.1. The molecule has 1 unspecified atom stereocenters. The molecule has 65 heavy (non-hydrogen) atoms. The van der Waals surface area contributed by atoms with E-state index in [-0.39, 0.29) is 26.1 Å². The van der Waals surface area contributed by atoms with Gasteiger partial charge in [-0.25, -0.2) is 4.57 Å². The number of esters is 2. The number of aryl methyl sites for hydroxylation is 2. The Bertz CT molecular complexity index is 1560. The van der Waals surface area contributed by atoms with Gasteiger partial charge in [0.15, 0.2) is 6.10 Å². The topological polar surface area (TPSA) is 162 Å². The SMILES string of the molecule is CCCCC/C=C\C[C@H](O)/C=C/C=C/C=C\[C@H](O)CCCC(=O)O[C@H](COC(=O)CCCCCCCCCCCCc1oc(CCCCC)c(C)c1C)COP(=O)(O)OCC[N+](C)(C)C. The third kappa shape index (κ3) is 34.2. The molecular weight excluding hydrogens is 846 g/mol. The molecule has 1 heterocycles. The lowest BCUT2D eigenvalue weighted by Crippen LogP contribution is -2.37. The van der Waals surface area contributed by atoms with Crippen LogP contribution in [0.1, 0.15) is 178 Å². The van der Waals surface area contributed by atoms with Crippen molar-refractivity contribution in [3.63, 3.8) is 0 Å². The number of furan rings is 1. The molecule has 0 bridgehead atoms. The average Bonchev–Trinajstić information content (AvgIpc) is 3.51. The number of aliphatic hydroxyl groups is 2. The summed E-state index contributed by atoms with van der Waals surface area (Å²) in [6.07, 6.45) is 34.6. The van der Waals surface area contributed by atoms with E-state index in [0.717, 1.165) is 44.9 Å². The number of likely N-dealkylation sites (N-methyl/N-ethyl adjacent to an activating group) is 1. The minimum atomic E-state index is -4.46. The standard InChI is InChI=1S/C52H90NO11P/c1-8-10-12-13-20-26-32-46(54)33-27-23-24-28-34-47(55)35-31-39-52(57)63-48(43-62-65(58,59)61-41-40-53(5,6)7)42-60-51(56)38-30-22-19-17-15-14-16-18-21-29-37-50-45(4)44(3)49(64-50)36-25-11-9-2/h20,23-24,26-28,33-34,46-48,54-55H,8-19,21-22,25,29-32,35-43H2,1-7H3/p+1/b24-23+,26-20-,33-27+,34-28-/t46-,47-,48+/m0/s1. The molecule has 0 saturated heterocycles. The predicted octanol–water partition coefficient (Wildman–Crippen LogP) is 11.8. The molecule has 0 saturated carbocycles. The number of ether oxygens (including phenoxy) is 2. The molecule has 1 aromatic heterocycles. The first kappa shape index (κ1) is 60.2. The largest absolute Gasteiger partial charge is 0.472 e. The van der Waals surface area contributed by atoms with Crippen molar-refractivity contribution in [1.82, 2.24) is 0 Å². The minimum absolute atomic E-state index is 0.0209. The summed E-state index contributed by atoms with van der Waals surface area (Å²) in [4.78, 5) is 35.6. The quantitative estimate of drug-likeness (QED) is 0.0143. The fourth-order valence-electron chi connectivity index (χ4n) is 6.97. The number of aliphatic hydroxyl groups excluding tert-OH is 2. The Balaban J connectivity index is 2.40. The van der Waals surface area contributed by atoms with Gasteiger partial charge in [-0.2, -0.15) is 0 Å². The summed E-state index contributed by atoms with van der Waals surface area (Å²) in [5, 5.41) is 20.4. The van der Waals surface area contributed by atoms with E-state index >= 15 is 0 Å². The number of hydrogen-bond donors (Lipinski definition) is 3. The lowest BCUT2D eigenvalue weighted by molar-refractivity contribution is -0.870. The van der Waals surface area contributed by atoms with E-state index in [1.165, 1.54) is 93.3 Å². The zero-order valence-corrected chi connectivity index (χ0v) is 42.5. The molecule has 4 atom stereocenters. The Morgan fingerprint density at radius 3 is 1.80 bits per heavy atom. The molecule has 0 aliphatic carbocycles. The number of unbranched alkanes of at least 4 members (excludes halogenated alkanes) is 14. The molecule has 0 aliphatic rings. The van der Waals surface area contributed by atoms with Crippen molar-refractivity contribution in [3.05, 3.63) is 71.3 Å². The van der Waals surface area contributed by atoms with Crippen LogP contribution < -0.4 is 0 Å². The molecule has 0 fully saturated rings. The summed E-state index contributed by atoms with van der Waals surface area (Å²) < 4.78 is 40.5. The second kappa shape index (κ2) is 37.2. The van der Waals surface area contributed by atoms with Gasteiger partial charge in [-0.15, -0.1) is 0 Å². The highest BCUT2D eigenvalue weighted by atomic mass is 31.2. The number of rotatable bonds is 41. The normalized spacial score (nSPS) is 14.8. The Morgan fingerprint density at radius 2 is 1.20 bits per heavy atom. The third-order valence-electron chi connectivity index (χ3n) is 11.3. The number of nitrogens with zero attached hydrogens (tertiary/aromatic N) is 1. The second-order valence-electron chi connectivity index (χ2n) is 18.5. The average molecular weight is 937 g/mol. The van der Waals surface area contributed by atoms with Crippen molar-refractivity contribution in [3.8, 4) is 0 Å². The van der Waals surface area contributed by atoms with Crippen LogP contribution in [0.2, 0.25) is 0 Å². The summed E-state index contributed by atoms with van der Waals surface area (Å²) in [5.74, 6) is 1.30. The maximum atomic E-state index is 12.8. The Morgan fingerprint density at radius 1 is 0.662 bits per heavy atom. The van der Waals surface area contributed by atoms with Gasteiger partial charge >= 0.3 is 19.8 Å². The summed E-state index contributed by atoms with van der Waals surface area (Å²) in [7, 11) is 1.30. The number of quaternary nitrogens is 1. The van der Waals surface area contributed by atoms with Crippen LogP contribution in [0.15, 0.2) is 53.0 Å². The maximum absolute atomic E-state index is 12.8. The van der Waals surface area contributed by atoms with E-state index in [1.54, 1.807) is 36.5 Å². The maximum Gasteiger partial charge on any atom is 0.472 e. The fourth-order valence-corrected chi connectivity index (χ4v) is 7.72. The molecular formula is C52H91NO11P+. The molecule has 0 amide bonds. The van der Waals surface area contributed by atoms with Gasteiger partial charge in [0.2, 0.25) is 0 Å². The Labute approximate surface area is 394 Å². The van der Waals surface area contributed by atoms with Gasteiger partial charge in [0.25, 0.3) is 0 Å². The van der Waals surface area contributed by atoms with E-state index < -0.39 is 44.7 Å². The van der Waals surface area contributed by atoms with Gasteiger partial charge in [-0.1, -0.05) is 140 Å². The summed E-state index contributed by atoms with van der Waals surface area (Å²) >= 11 is 0. The number of hydrogen-bond acceptors (Lipinski definition) is 10. The first-order valence-corrected chi connectivity index (χ1v) is 26.4. The molecule has 0 aliphatic heterocycles. The predicted molar refractivity (Wildman–Crippen MR) is 263 cm³/mol. The number of phosphoric acid groups is 1. The van der Waals surface area contributed by atoms with Crippen LogP contribution in [0.4, 0.5) is 0 Å². The fraction of sp³-hybridized carbons (Fsp3) is 0.731. The molecule has 1 aromatic rings. The van der Waals surface area contributed by atoms with Gasteiger partial charge in [0.05, 0.1) is 40.0 Å². The number of allylic oxidation sites excluding steroid dienone is 5. The molecule has 1 rings (SSSR count). The summed E-state index contributed by atoms with van der Waals surface area (Å²) in [6, 6.07) is 0. The number of carbonyl (C=O) groups is 2. The van der Waals surface area contributed by atoms with E-state index in [0.29, 0.717) is 36.7 Å². The molecule has 374 valence electrons. The highest BCUT2D eigenvalue weighted by molar-refractivity contribution is 7.47. The van der Waals surface area contributed by atoms with Crippen molar-refractivity contribution in [2.45, 2.75) is 200 Å². The van der Waals surface area contributed by atoms with Crippen molar-refractivity contribution in [2.75, 3.05) is 47.5 Å². The van der Waals surface area contributed by atoms with Crippen LogP contribution in [-0.4, -0.2) is 97.3 Å². The van der Waals surface area contributed by atoms with Crippen LogP contribution >= 0.6 is 7.82 Å². The third-order valence-corrected chi connectivity index (χ3v) is 12.2. The van der Waals surface area contributed by atoms with Gasteiger partial charge in [0, 0.05) is 25.7 Å². The molecule has 13 heteroatoms. The van der Waals surface area contributed by atoms with Crippen LogP contribution in [0.5, 0.6) is 0 Å². The number of phosphoric ester groups is 1. The van der Waals surface area contributed by atoms with Gasteiger partial charge in [-0.05, 0) is 76.3 Å². The van der Waals surface area contributed by atoms with E-state index in [1.807, 2.05) is 27.2 Å². The molecule has 12 nitrogen and oxygen atoms in total.